The summed E-state index contributed by atoms with van der Waals surface area (Å²) in [5.74, 6) is -0.144. The van der Waals surface area contributed by atoms with Gasteiger partial charge in [0.2, 0.25) is 0 Å². The lowest BCUT2D eigenvalue weighted by Gasteiger charge is -2.14. The van der Waals surface area contributed by atoms with Crippen molar-refractivity contribution in [2.45, 2.75) is 26.4 Å². The minimum absolute atomic E-state index is 0.132. The molecule has 0 spiro atoms. The summed E-state index contributed by atoms with van der Waals surface area (Å²) in [6, 6.07) is 5.50. The average molecular weight is 250 g/mol. The number of aryl methyl sites for hydroxylation is 1. The zero-order chi connectivity index (χ0) is 12.3. The van der Waals surface area contributed by atoms with Crippen LogP contribution in [0.4, 0.5) is 4.39 Å². The molecule has 0 saturated carbocycles. The number of nitrogens with zero attached hydrogens (tertiary/aromatic N) is 1. The van der Waals surface area contributed by atoms with E-state index in [1.807, 2.05) is 30.8 Å². The molecule has 90 valence electrons. The summed E-state index contributed by atoms with van der Waals surface area (Å²) in [4.78, 5) is 5.20. The summed E-state index contributed by atoms with van der Waals surface area (Å²) in [7, 11) is 0. The van der Waals surface area contributed by atoms with Crippen LogP contribution in [-0.2, 0) is 6.54 Å². The maximum absolute atomic E-state index is 13.4. The zero-order valence-electron chi connectivity index (χ0n) is 9.90. The summed E-state index contributed by atoms with van der Waals surface area (Å²) in [6.07, 6.45) is 1.85. The summed E-state index contributed by atoms with van der Waals surface area (Å²) in [6.45, 7) is 4.57. The number of nitrogens with one attached hydrogen (secondary N) is 1. The molecule has 2 rings (SSSR count). The lowest BCUT2D eigenvalue weighted by molar-refractivity contribution is 0.566. The van der Waals surface area contributed by atoms with Crippen LogP contribution in [0, 0.1) is 12.7 Å². The second kappa shape index (κ2) is 5.38. The van der Waals surface area contributed by atoms with E-state index in [9.17, 15) is 4.39 Å². The van der Waals surface area contributed by atoms with E-state index < -0.39 is 0 Å². The van der Waals surface area contributed by atoms with E-state index in [1.165, 1.54) is 4.88 Å². The van der Waals surface area contributed by atoms with E-state index in [0.29, 0.717) is 5.56 Å². The monoisotopic (exact) mass is 250 g/mol. The van der Waals surface area contributed by atoms with Gasteiger partial charge >= 0.3 is 0 Å². The van der Waals surface area contributed by atoms with Gasteiger partial charge in [-0.2, -0.15) is 0 Å². The van der Waals surface area contributed by atoms with Crippen molar-refractivity contribution < 1.29 is 4.39 Å². The molecule has 1 atom stereocenters. The maximum Gasteiger partial charge on any atom is 0.126 e. The van der Waals surface area contributed by atoms with Gasteiger partial charge in [0, 0.05) is 23.7 Å². The van der Waals surface area contributed by atoms with Crippen LogP contribution >= 0.6 is 11.3 Å². The number of rotatable bonds is 4. The molecule has 0 radical (unpaired) electrons. The van der Waals surface area contributed by atoms with Crippen LogP contribution in [0.1, 0.15) is 29.0 Å². The molecule has 1 aromatic heterocycles. The van der Waals surface area contributed by atoms with Crippen molar-refractivity contribution in [3.05, 3.63) is 51.7 Å². The molecular formula is C13H15FN2S. The van der Waals surface area contributed by atoms with Crippen LogP contribution in [0.3, 0.4) is 0 Å². The first-order valence-corrected chi connectivity index (χ1v) is 6.41. The van der Waals surface area contributed by atoms with Crippen LogP contribution in [0.25, 0.3) is 0 Å². The Hall–Kier alpha value is -1.26. The van der Waals surface area contributed by atoms with Crippen molar-refractivity contribution in [3.8, 4) is 0 Å². The normalized spacial score (nSPS) is 12.6. The van der Waals surface area contributed by atoms with Crippen molar-refractivity contribution in [3.63, 3.8) is 0 Å². The molecule has 0 aliphatic heterocycles. The fourth-order valence-corrected chi connectivity index (χ4v) is 2.12. The molecule has 0 bridgehead atoms. The van der Waals surface area contributed by atoms with E-state index >= 15 is 0 Å². The molecule has 1 N–H and O–H groups in total. The Balaban J connectivity index is 1.99. The zero-order valence-corrected chi connectivity index (χ0v) is 10.7. The Bertz CT molecular complexity index is 482. The fourth-order valence-electron chi connectivity index (χ4n) is 1.58. The van der Waals surface area contributed by atoms with E-state index in [2.05, 4.69) is 10.3 Å². The Labute approximate surface area is 105 Å². The number of hydrogen-bond acceptors (Lipinski definition) is 3. The predicted molar refractivity (Wildman–Crippen MR) is 68.5 cm³/mol. The largest absolute Gasteiger partial charge is 0.305 e. The molecule has 1 aromatic carbocycles. The average Bonchev–Trinajstić information content (AvgIpc) is 2.82. The lowest BCUT2D eigenvalue weighted by atomic mass is 10.1. The minimum Gasteiger partial charge on any atom is -0.305 e. The number of halogens is 1. The van der Waals surface area contributed by atoms with Crippen LogP contribution in [0.5, 0.6) is 0 Å². The molecule has 0 fully saturated rings. The third-order valence-corrected chi connectivity index (χ3v) is 3.54. The topological polar surface area (TPSA) is 24.9 Å². The van der Waals surface area contributed by atoms with Crippen molar-refractivity contribution in [1.82, 2.24) is 10.3 Å². The van der Waals surface area contributed by atoms with Gasteiger partial charge in [-0.1, -0.05) is 12.1 Å². The SMILES string of the molecule is Cc1ccc(C(C)NCc2cncs2)cc1F. The van der Waals surface area contributed by atoms with Crippen molar-refractivity contribution in [2.75, 3.05) is 0 Å². The fraction of sp³-hybridized carbons (Fsp3) is 0.308. The van der Waals surface area contributed by atoms with Gasteiger partial charge in [0.15, 0.2) is 0 Å². The summed E-state index contributed by atoms with van der Waals surface area (Å²) in [5, 5.41) is 3.35. The number of thiazole rings is 1. The van der Waals surface area contributed by atoms with Gasteiger partial charge in [-0.15, -0.1) is 11.3 Å². The summed E-state index contributed by atoms with van der Waals surface area (Å²) < 4.78 is 13.4. The van der Waals surface area contributed by atoms with E-state index in [0.717, 1.165) is 12.1 Å². The molecule has 1 unspecified atom stereocenters. The summed E-state index contributed by atoms with van der Waals surface area (Å²) in [5.41, 5.74) is 3.47. The van der Waals surface area contributed by atoms with Gasteiger partial charge in [0.25, 0.3) is 0 Å². The molecule has 1 heterocycles. The summed E-state index contributed by atoms with van der Waals surface area (Å²) >= 11 is 1.62. The van der Waals surface area contributed by atoms with Gasteiger partial charge in [0.1, 0.15) is 5.82 Å². The highest BCUT2D eigenvalue weighted by Crippen LogP contribution is 2.17. The van der Waals surface area contributed by atoms with Crippen LogP contribution in [0.2, 0.25) is 0 Å². The Morgan fingerprint density at radius 2 is 2.29 bits per heavy atom. The van der Waals surface area contributed by atoms with Crippen LogP contribution in [-0.4, -0.2) is 4.98 Å². The highest BCUT2D eigenvalue weighted by atomic mass is 32.1. The Morgan fingerprint density at radius 3 is 2.94 bits per heavy atom. The highest BCUT2D eigenvalue weighted by molar-refractivity contribution is 7.09. The van der Waals surface area contributed by atoms with Gasteiger partial charge in [-0.3, -0.25) is 4.98 Å². The van der Waals surface area contributed by atoms with Gasteiger partial charge in [0.05, 0.1) is 5.51 Å². The molecular weight excluding hydrogens is 235 g/mol. The van der Waals surface area contributed by atoms with E-state index in [1.54, 1.807) is 24.3 Å². The molecule has 0 aliphatic rings. The second-order valence-electron chi connectivity index (χ2n) is 4.08. The molecule has 0 aliphatic carbocycles. The molecule has 0 amide bonds. The van der Waals surface area contributed by atoms with E-state index in [-0.39, 0.29) is 11.9 Å². The molecule has 0 saturated heterocycles. The second-order valence-corrected chi connectivity index (χ2v) is 5.05. The third kappa shape index (κ3) is 3.11. The number of benzene rings is 1. The quantitative estimate of drug-likeness (QED) is 0.899. The van der Waals surface area contributed by atoms with Crippen molar-refractivity contribution >= 4 is 11.3 Å². The first-order chi connectivity index (χ1) is 8.16. The Kier molecular flexibility index (Phi) is 3.86. The minimum atomic E-state index is -0.144. The standard InChI is InChI=1S/C13H15FN2S/c1-9-3-4-11(5-13(9)14)10(2)16-7-12-6-15-8-17-12/h3-6,8,10,16H,7H2,1-2H3. The first kappa shape index (κ1) is 12.2. The molecule has 2 nitrogen and oxygen atoms in total. The van der Waals surface area contributed by atoms with Crippen molar-refractivity contribution in [1.29, 1.82) is 0 Å². The van der Waals surface area contributed by atoms with E-state index in [4.69, 9.17) is 0 Å². The molecule has 2 aromatic rings. The number of aromatic nitrogens is 1. The number of hydrogen-bond donors (Lipinski definition) is 1. The van der Waals surface area contributed by atoms with Crippen molar-refractivity contribution in [2.24, 2.45) is 0 Å². The third-order valence-electron chi connectivity index (χ3n) is 2.76. The van der Waals surface area contributed by atoms with Gasteiger partial charge in [-0.05, 0) is 31.0 Å². The predicted octanol–water partition coefficient (Wildman–Crippen LogP) is 3.44. The Morgan fingerprint density at radius 1 is 1.47 bits per heavy atom. The van der Waals surface area contributed by atoms with Gasteiger partial charge in [-0.25, -0.2) is 4.39 Å². The van der Waals surface area contributed by atoms with Crippen LogP contribution < -0.4 is 5.32 Å². The maximum atomic E-state index is 13.4. The molecule has 4 heteroatoms. The van der Waals surface area contributed by atoms with Gasteiger partial charge < -0.3 is 5.32 Å². The van der Waals surface area contributed by atoms with Crippen LogP contribution in [0.15, 0.2) is 29.9 Å². The molecule has 17 heavy (non-hydrogen) atoms. The lowest BCUT2D eigenvalue weighted by Crippen LogP contribution is -2.17. The first-order valence-electron chi connectivity index (χ1n) is 5.53. The highest BCUT2D eigenvalue weighted by Gasteiger charge is 2.07. The smallest absolute Gasteiger partial charge is 0.126 e.